The van der Waals surface area contributed by atoms with Gasteiger partial charge in [-0.2, -0.15) is 0 Å². The zero-order valence-electron chi connectivity index (χ0n) is 38.0. The molecule has 0 heterocycles. The van der Waals surface area contributed by atoms with E-state index in [1.807, 2.05) is 0 Å². The van der Waals surface area contributed by atoms with Gasteiger partial charge in [-0.15, -0.1) is 0 Å². The minimum Gasteiger partial charge on any atom is -0.462 e. The van der Waals surface area contributed by atoms with Crippen molar-refractivity contribution in [2.24, 2.45) is 0 Å². The number of esters is 2. The minimum absolute atomic E-state index is 0.0522. The average molecular weight is 807 g/mol. The Morgan fingerprint density at radius 1 is 0.397 bits per heavy atom. The van der Waals surface area contributed by atoms with E-state index in [2.05, 4.69) is 106 Å². The van der Waals surface area contributed by atoms with Gasteiger partial charge in [-0.05, 0) is 109 Å². The number of carbonyl (C=O) groups is 2. The van der Waals surface area contributed by atoms with Crippen molar-refractivity contribution in [3.63, 3.8) is 0 Å². The highest BCUT2D eigenvalue weighted by molar-refractivity contribution is 5.70. The largest absolute Gasteiger partial charge is 0.462 e. The Bertz CT molecular complexity index is 1090. The van der Waals surface area contributed by atoms with E-state index < -0.39 is 6.10 Å². The van der Waals surface area contributed by atoms with E-state index in [1.54, 1.807) is 0 Å². The molecule has 58 heavy (non-hydrogen) atoms. The Morgan fingerprint density at radius 2 is 0.776 bits per heavy atom. The maximum atomic E-state index is 12.7. The first-order valence-electron chi connectivity index (χ1n) is 24.1. The molecule has 0 saturated heterocycles. The van der Waals surface area contributed by atoms with Crippen LogP contribution in [-0.4, -0.2) is 37.9 Å². The Hall–Kier alpha value is -2.92. The van der Waals surface area contributed by atoms with Gasteiger partial charge in [0.1, 0.15) is 6.61 Å². The van der Waals surface area contributed by atoms with E-state index >= 15 is 0 Å². The third-order valence-electron chi connectivity index (χ3n) is 9.90. The minimum atomic E-state index is -0.569. The van der Waals surface area contributed by atoms with E-state index in [0.29, 0.717) is 19.4 Å². The second kappa shape index (κ2) is 48.4. The third-order valence-corrected chi connectivity index (χ3v) is 9.90. The van der Waals surface area contributed by atoms with Crippen molar-refractivity contribution in [2.75, 3.05) is 19.8 Å². The summed E-state index contributed by atoms with van der Waals surface area (Å²) in [5, 5.41) is 0. The Balaban J connectivity index is 4.36. The number of hydrogen-bond donors (Lipinski definition) is 0. The van der Waals surface area contributed by atoms with Gasteiger partial charge in [-0.1, -0.05) is 176 Å². The molecule has 0 fully saturated rings. The summed E-state index contributed by atoms with van der Waals surface area (Å²) in [4.78, 5) is 25.3. The van der Waals surface area contributed by atoms with Crippen LogP contribution in [0.15, 0.2) is 85.1 Å². The monoisotopic (exact) mass is 807 g/mol. The topological polar surface area (TPSA) is 61.8 Å². The molecule has 0 N–H and O–H groups in total. The highest BCUT2D eigenvalue weighted by atomic mass is 16.6. The van der Waals surface area contributed by atoms with E-state index in [9.17, 15) is 9.59 Å². The van der Waals surface area contributed by atoms with Crippen molar-refractivity contribution >= 4 is 11.9 Å². The number of carbonyl (C=O) groups excluding carboxylic acids is 2. The van der Waals surface area contributed by atoms with Crippen LogP contribution in [0.4, 0.5) is 0 Å². The number of unbranched alkanes of at least 4 members (excludes halogenated alkanes) is 18. The molecule has 0 aromatic heterocycles. The van der Waals surface area contributed by atoms with Crippen LogP contribution in [0, 0.1) is 0 Å². The standard InChI is InChI=1S/C53H90O5/c1-4-7-10-13-16-19-22-25-26-27-30-33-36-39-42-45-48-56-49-51(58-53(55)47-44-41-38-35-32-29-24-21-18-15-12-9-6-3)50-57-52(54)46-43-40-37-34-31-28-23-20-17-14-11-8-5-2/h8-9,11-12,17-18,20-21,25-26,28-29,31-32,51H,4-7,10,13-16,19,22-24,27,30,33-50H2,1-3H3/b11-8-,12-9-,20-17-,21-18-,26-25-,31-28-,32-29-. The molecule has 0 spiro atoms. The van der Waals surface area contributed by atoms with Gasteiger partial charge in [0.2, 0.25) is 0 Å². The Kier molecular flexibility index (Phi) is 46.0. The molecule has 0 aliphatic rings. The average Bonchev–Trinajstić information content (AvgIpc) is 3.22. The predicted molar refractivity (Wildman–Crippen MR) is 251 cm³/mol. The fourth-order valence-corrected chi connectivity index (χ4v) is 6.36. The first-order chi connectivity index (χ1) is 28.6. The molecule has 1 unspecified atom stereocenters. The van der Waals surface area contributed by atoms with Crippen molar-refractivity contribution in [3.05, 3.63) is 85.1 Å². The van der Waals surface area contributed by atoms with Gasteiger partial charge >= 0.3 is 11.9 Å². The van der Waals surface area contributed by atoms with Gasteiger partial charge in [-0.25, -0.2) is 0 Å². The summed E-state index contributed by atoms with van der Waals surface area (Å²) < 4.78 is 17.3. The van der Waals surface area contributed by atoms with Gasteiger partial charge in [0.25, 0.3) is 0 Å². The van der Waals surface area contributed by atoms with Crippen LogP contribution in [0.2, 0.25) is 0 Å². The molecule has 0 aromatic carbocycles. The van der Waals surface area contributed by atoms with Crippen LogP contribution in [0.1, 0.15) is 213 Å². The van der Waals surface area contributed by atoms with E-state index in [4.69, 9.17) is 14.2 Å². The van der Waals surface area contributed by atoms with E-state index in [-0.39, 0.29) is 25.2 Å². The summed E-state index contributed by atoms with van der Waals surface area (Å²) in [5.74, 6) is -0.472. The number of hydrogen-bond acceptors (Lipinski definition) is 5. The molecule has 0 aliphatic carbocycles. The van der Waals surface area contributed by atoms with Crippen molar-refractivity contribution in [3.8, 4) is 0 Å². The lowest BCUT2D eigenvalue weighted by Crippen LogP contribution is -2.30. The quantitative estimate of drug-likeness (QED) is 0.0349. The Morgan fingerprint density at radius 3 is 1.26 bits per heavy atom. The van der Waals surface area contributed by atoms with Gasteiger partial charge in [0, 0.05) is 19.4 Å². The van der Waals surface area contributed by atoms with Crippen molar-refractivity contribution in [2.45, 2.75) is 219 Å². The molecule has 0 aliphatic heterocycles. The van der Waals surface area contributed by atoms with Crippen molar-refractivity contribution in [1.29, 1.82) is 0 Å². The van der Waals surface area contributed by atoms with Crippen LogP contribution in [0.5, 0.6) is 0 Å². The van der Waals surface area contributed by atoms with Gasteiger partial charge < -0.3 is 14.2 Å². The van der Waals surface area contributed by atoms with Crippen LogP contribution < -0.4 is 0 Å². The zero-order valence-corrected chi connectivity index (χ0v) is 38.0. The molecule has 5 nitrogen and oxygen atoms in total. The second-order valence-corrected chi connectivity index (χ2v) is 15.6. The summed E-state index contributed by atoms with van der Waals surface area (Å²) in [7, 11) is 0. The fraction of sp³-hybridized carbons (Fsp3) is 0.698. The number of ether oxygens (including phenoxy) is 3. The zero-order chi connectivity index (χ0) is 42.1. The third kappa shape index (κ3) is 45.8. The summed E-state index contributed by atoms with van der Waals surface area (Å²) in [6.07, 6.45) is 63.0. The Labute approximate surface area is 359 Å². The number of rotatable bonds is 43. The molecule has 5 heteroatoms. The molecule has 332 valence electrons. The van der Waals surface area contributed by atoms with Crippen LogP contribution >= 0.6 is 0 Å². The van der Waals surface area contributed by atoms with Crippen molar-refractivity contribution in [1.82, 2.24) is 0 Å². The second-order valence-electron chi connectivity index (χ2n) is 15.6. The summed E-state index contributed by atoms with van der Waals surface area (Å²) in [5.41, 5.74) is 0. The highest BCUT2D eigenvalue weighted by Crippen LogP contribution is 2.12. The summed E-state index contributed by atoms with van der Waals surface area (Å²) in [6, 6.07) is 0. The van der Waals surface area contributed by atoms with Gasteiger partial charge in [-0.3, -0.25) is 9.59 Å². The lowest BCUT2D eigenvalue weighted by atomic mass is 10.1. The maximum Gasteiger partial charge on any atom is 0.306 e. The molecular formula is C53H90O5. The highest BCUT2D eigenvalue weighted by Gasteiger charge is 2.17. The number of allylic oxidation sites excluding steroid dienone is 14. The first-order valence-corrected chi connectivity index (χ1v) is 24.1. The van der Waals surface area contributed by atoms with Crippen LogP contribution in [0.3, 0.4) is 0 Å². The van der Waals surface area contributed by atoms with Gasteiger partial charge in [0.05, 0.1) is 6.61 Å². The van der Waals surface area contributed by atoms with Gasteiger partial charge in [0.15, 0.2) is 6.10 Å². The molecule has 1 atom stereocenters. The summed E-state index contributed by atoms with van der Waals surface area (Å²) in [6.45, 7) is 7.51. The molecule has 0 amide bonds. The van der Waals surface area contributed by atoms with Crippen molar-refractivity contribution < 1.29 is 23.8 Å². The lowest BCUT2D eigenvalue weighted by Gasteiger charge is -2.18. The molecule has 0 rings (SSSR count). The van der Waals surface area contributed by atoms with Crippen LogP contribution in [0.25, 0.3) is 0 Å². The maximum absolute atomic E-state index is 12.7. The lowest BCUT2D eigenvalue weighted by molar-refractivity contribution is -0.163. The summed E-state index contributed by atoms with van der Waals surface area (Å²) >= 11 is 0. The first kappa shape index (κ1) is 55.1. The molecular weight excluding hydrogens is 717 g/mol. The van der Waals surface area contributed by atoms with E-state index in [0.717, 1.165) is 103 Å². The molecule has 0 radical (unpaired) electrons. The smallest absolute Gasteiger partial charge is 0.306 e. The van der Waals surface area contributed by atoms with Crippen LogP contribution in [-0.2, 0) is 23.8 Å². The normalized spacial score (nSPS) is 12.9. The fourth-order valence-electron chi connectivity index (χ4n) is 6.36. The van der Waals surface area contributed by atoms with E-state index in [1.165, 1.54) is 77.0 Å². The predicted octanol–water partition coefficient (Wildman–Crippen LogP) is 16.1. The molecule has 0 bridgehead atoms. The molecule has 0 saturated carbocycles. The SMILES string of the molecule is CC/C=C\C/C=C\C/C=C\CCCCCC(=O)OCC(COCCCCCCCC/C=C\CCCCCCCC)OC(=O)CCCCC/C=C\C/C=C\C/C=C\CC. The molecule has 0 aromatic rings.